The Morgan fingerprint density at radius 2 is 1.97 bits per heavy atom. The van der Waals surface area contributed by atoms with Gasteiger partial charge in [0.2, 0.25) is 0 Å². The molecule has 0 saturated carbocycles. The molecule has 7 nitrogen and oxygen atoms in total. The van der Waals surface area contributed by atoms with Crippen LogP contribution in [-0.2, 0) is 13.0 Å². The van der Waals surface area contributed by atoms with Crippen LogP contribution in [0.2, 0.25) is 5.02 Å². The summed E-state index contributed by atoms with van der Waals surface area (Å²) in [5, 5.41) is 5.99. The maximum absolute atomic E-state index is 12.3. The first-order valence-corrected chi connectivity index (χ1v) is 10.6. The molecule has 0 saturated heterocycles. The normalized spacial score (nSPS) is 11.0. The molecule has 4 aromatic rings. The topological polar surface area (TPSA) is 92.3 Å². The van der Waals surface area contributed by atoms with Crippen molar-refractivity contribution in [3.05, 3.63) is 81.7 Å². The van der Waals surface area contributed by atoms with Crippen LogP contribution < -0.4 is 20.8 Å². The van der Waals surface area contributed by atoms with Crippen molar-refractivity contribution in [3.8, 4) is 22.8 Å². The number of nitrogens with two attached hydrogens (primary N) is 1. The molecule has 0 atom stereocenters. The fourth-order valence-corrected chi connectivity index (χ4v) is 3.70. The fourth-order valence-electron chi connectivity index (χ4n) is 3.42. The Bertz CT molecular complexity index is 1310. The number of pyridine rings is 1. The summed E-state index contributed by atoms with van der Waals surface area (Å²) >= 11 is 6.36. The summed E-state index contributed by atoms with van der Waals surface area (Å²) in [6.45, 7) is 1.10. The van der Waals surface area contributed by atoms with Crippen molar-refractivity contribution in [2.24, 2.45) is 5.73 Å². The van der Waals surface area contributed by atoms with E-state index in [1.165, 1.54) is 10.7 Å². The molecule has 0 radical (unpaired) electrons. The first kappa shape index (κ1) is 21.8. The lowest BCUT2D eigenvalue weighted by Gasteiger charge is -2.11. The summed E-state index contributed by atoms with van der Waals surface area (Å²) in [7, 11) is 1.61. The summed E-state index contributed by atoms with van der Waals surface area (Å²) in [5.74, 6) is 1.41. The molecule has 32 heavy (non-hydrogen) atoms. The van der Waals surface area contributed by atoms with Crippen molar-refractivity contribution in [1.29, 1.82) is 0 Å². The van der Waals surface area contributed by atoms with Gasteiger partial charge in [-0.05, 0) is 48.9 Å². The number of halogens is 1. The second-order valence-electron chi connectivity index (χ2n) is 7.17. The largest absolute Gasteiger partial charge is 0.497 e. The molecule has 2 aromatic heterocycles. The van der Waals surface area contributed by atoms with E-state index in [1.54, 1.807) is 25.4 Å². The highest BCUT2D eigenvalue weighted by Gasteiger charge is 2.08. The molecular weight excluding hydrogens is 428 g/mol. The van der Waals surface area contributed by atoms with E-state index in [0.29, 0.717) is 36.0 Å². The fraction of sp³-hybridized carbons (Fsp3) is 0.208. The third-order valence-corrected chi connectivity index (χ3v) is 5.45. The summed E-state index contributed by atoms with van der Waals surface area (Å²) < 4.78 is 12.6. The van der Waals surface area contributed by atoms with Gasteiger partial charge in [0, 0.05) is 34.3 Å². The molecule has 0 unspecified atom stereocenters. The van der Waals surface area contributed by atoms with Crippen molar-refractivity contribution >= 4 is 22.5 Å². The predicted octanol–water partition coefficient (Wildman–Crippen LogP) is 3.70. The number of hydrogen-bond donors (Lipinski definition) is 1. The predicted molar refractivity (Wildman–Crippen MR) is 125 cm³/mol. The molecule has 0 aliphatic carbocycles. The van der Waals surface area contributed by atoms with E-state index in [-0.39, 0.29) is 12.2 Å². The van der Waals surface area contributed by atoms with E-state index in [0.717, 1.165) is 27.8 Å². The Balaban J connectivity index is 1.50. The zero-order valence-electron chi connectivity index (χ0n) is 17.6. The van der Waals surface area contributed by atoms with E-state index in [2.05, 4.69) is 10.1 Å². The number of fused-ring (bicyclic) bond motifs is 1. The van der Waals surface area contributed by atoms with Gasteiger partial charge in [-0.2, -0.15) is 5.10 Å². The number of rotatable bonds is 8. The number of ether oxygens (including phenoxy) is 2. The van der Waals surface area contributed by atoms with Crippen LogP contribution in [-0.4, -0.2) is 35.0 Å². The molecule has 8 heteroatoms. The first-order valence-electron chi connectivity index (χ1n) is 10.2. The number of benzene rings is 2. The highest BCUT2D eigenvalue weighted by Crippen LogP contribution is 2.27. The van der Waals surface area contributed by atoms with Crippen LogP contribution in [0, 0.1) is 0 Å². The maximum atomic E-state index is 12.3. The maximum Gasteiger partial charge on any atom is 0.266 e. The molecule has 2 aromatic carbocycles. The van der Waals surface area contributed by atoms with E-state index in [4.69, 9.17) is 26.8 Å². The molecule has 0 spiro atoms. The average Bonchev–Trinajstić information content (AvgIpc) is 2.81. The van der Waals surface area contributed by atoms with Crippen LogP contribution in [0.3, 0.4) is 0 Å². The van der Waals surface area contributed by atoms with Gasteiger partial charge in [-0.3, -0.25) is 9.78 Å². The van der Waals surface area contributed by atoms with Gasteiger partial charge in [-0.1, -0.05) is 23.7 Å². The van der Waals surface area contributed by atoms with Gasteiger partial charge >= 0.3 is 0 Å². The van der Waals surface area contributed by atoms with Crippen molar-refractivity contribution < 1.29 is 9.47 Å². The molecule has 0 bridgehead atoms. The van der Waals surface area contributed by atoms with Gasteiger partial charge < -0.3 is 15.2 Å². The third kappa shape index (κ3) is 4.74. The number of hydrogen-bond acceptors (Lipinski definition) is 6. The van der Waals surface area contributed by atoms with E-state index in [1.807, 2.05) is 36.4 Å². The van der Waals surface area contributed by atoms with Crippen LogP contribution in [0.15, 0.2) is 65.6 Å². The molecule has 0 fully saturated rings. The molecular formula is C24H23ClN4O3. The summed E-state index contributed by atoms with van der Waals surface area (Å²) in [4.78, 5) is 16.7. The Hall–Kier alpha value is -3.42. The lowest BCUT2D eigenvalue weighted by molar-refractivity contribution is 0.291. The van der Waals surface area contributed by atoms with Crippen LogP contribution in [0.25, 0.3) is 22.2 Å². The second-order valence-corrected chi connectivity index (χ2v) is 7.57. The van der Waals surface area contributed by atoms with Crippen LogP contribution >= 0.6 is 11.6 Å². The Kier molecular flexibility index (Phi) is 6.68. The van der Waals surface area contributed by atoms with E-state index in [9.17, 15) is 4.79 Å². The Morgan fingerprint density at radius 1 is 1.09 bits per heavy atom. The average molecular weight is 451 g/mol. The molecule has 164 valence electrons. The Morgan fingerprint density at radius 3 is 2.75 bits per heavy atom. The lowest BCUT2D eigenvalue weighted by atomic mass is 10.1. The van der Waals surface area contributed by atoms with Gasteiger partial charge in [-0.25, -0.2) is 4.68 Å². The van der Waals surface area contributed by atoms with Gasteiger partial charge in [-0.15, -0.1) is 0 Å². The second kappa shape index (κ2) is 9.80. The molecule has 0 aliphatic rings. The minimum Gasteiger partial charge on any atom is -0.497 e. The minimum atomic E-state index is -0.201. The Labute approximate surface area is 190 Å². The molecule has 2 N–H and O–H groups in total. The summed E-state index contributed by atoms with van der Waals surface area (Å²) in [5.41, 5.74) is 8.67. The van der Waals surface area contributed by atoms with E-state index >= 15 is 0 Å². The van der Waals surface area contributed by atoms with Gasteiger partial charge in [0.05, 0.1) is 24.9 Å². The quantitative estimate of drug-likeness (QED) is 0.440. The van der Waals surface area contributed by atoms with Crippen LogP contribution in [0.4, 0.5) is 0 Å². The van der Waals surface area contributed by atoms with Gasteiger partial charge in [0.1, 0.15) is 18.1 Å². The number of methoxy groups -OCH3 is 1. The minimum absolute atomic E-state index is 0.201. The zero-order valence-corrected chi connectivity index (χ0v) is 18.4. The summed E-state index contributed by atoms with van der Waals surface area (Å²) in [6, 6.07) is 16.3. The van der Waals surface area contributed by atoms with Crippen molar-refractivity contribution in [3.63, 3.8) is 0 Å². The van der Waals surface area contributed by atoms with Gasteiger partial charge in [0.25, 0.3) is 5.56 Å². The SMILES string of the molecule is COc1ccc2c(OCCn3nc(-c4ccc(CCN)c(Cl)c4)ccc3=O)ccnc2c1. The lowest BCUT2D eigenvalue weighted by Crippen LogP contribution is -2.25. The number of nitrogens with zero attached hydrogens (tertiary/aromatic N) is 3. The molecule has 4 rings (SSSR count). The smallest absolute Gasteiger partial charge is 0.266 e. The zero-order chi connectivity index (χ0) is 22.5. The summed E-state index contributed by atoms with van der Waals surface area (Å²) in [6.07, 6.45) is 2.39. The van der Waals surface area contributed by atoms with Gasteiger partial charge in [0.15, 0.2) is 0 Å². The van der Waals surface area contributed by atoms with Crippen molar-refractivity contribution in [2.75, 3.05) is 20.3 Å². The molecule has 0 aliphatic heterocycles. The monoisotopic (exact) mass is 450 g/mol. The number of aromatic nitrogens is 3. The van der Waals surface area contributed by atoms with Crippen LogP contribution in [0.5, 0.6) is 11.5 Å². The van der Waals surface area contributed by atoms with Crippen LogP contribution in [0.1, 0.15) is 5.56 Å². The van der Waals surface area contributed by atoms with E-state index < -0.39 is 0 Å². The third-order valence-electron chi connectivity index (χ3n) is 5.10. The highest BCUT2D eigenvalue weighted by molar-refractivity contribution is 6.31. The first-order chi connectivity index (χ1) is 15.6. The molecule has 0 amide bonds. The molecule has 2 heterocycles. The van der Waals surface area contributed by atoms with Crippen molar-refractivity contribution in [2.45, 2.75) is 13.0 Å². The van der Waals surface area contributed by atoms with Crippen molar-refractivity contribution in [1.82, 2.24) is 14.8 Å². The highest BCUT2D eigenvalue weighted by atomic mass is 35.5. The standard InChI is InChI=1S/C24H23ClN4O3/c1-31-18-4-5-19-22(15-18)27-11-9-23(19)32-13-12-29-24(30)7-6-21(28-29)17-3-2-16(8-10-26)20(25)14-17/h2-7,9,11,14-15H,8,10,12-13,26H2,1H3.